The molecular formula is C12H13BrN2S2. The average molecular weight is 329 g/mol. The van der Waals surface area contributed by atoms with Crippen LogP contribution in [0.5, 0.6) is 0 Å². The molecule has 0 aromatic carbocycles. The number of hydrogen-bond acceptors (Lipinski definition) is 4. The molecule has 1 N–H and O–H groups in total. The molecule has 2 nitrogen and oxygen atoms in total. The standard InChI is InChI=1S/C12H13BrN2S2/c1-14-7-12(2-3-12)11-15-9(6-17-11)10-4-8(13)5-16-10/h4-6,14H,2-3,7H2,1H3. The zero-order valence-corrected chi connectivity index (χ0v) is 12.7. The van der Waals surface area contributed by atoms with Crippen molar-refractivity contribution in [2.75, 3.05) is 13.6 Å². The molecule has 0 aliphatic heterocycles. The zero-order chi connectivity index (χ0) is 11.9. The third kappa shape index (κ3) is 2.21. The van der Waals surface area contributed by atoms with Crippen LogP contribution in [-0.4, -0.2) is 18.6 Å². The van der Waals surface area contributed by atoms with Gasteiger partial charge >= 0.3 is 0 Å². The number of nitrogens with one attached hydrogen (secondary N) is 1. The molecule has 1 saturated carbocycles. The van der Waals surface area contributed by atoms with Gasteiger partial charge in [0, 0.05) is 27.2 Å². The fourth-order valence-electron chi connectivity index (χ4n) is 2.03. The Hall–Kier alpha value is -0.230. The molecule has 0 radical (unpaired) electrons. The van der Waals surface area contributed by atoms with E-state index >= 15 is 0 Å². The first kappa shape index (κ1) is 11.8. The lowest BCUT2D eigenvalue weighted by atomic mass is 10.1. The molecular weight excluding hydrogens is 316 g/mol. The van der Waals surface area contributed by atoms with E-state index in [2.05, 4.69) is 38.1 Å². The van der Waals surface area contributed by atoms with Crippen LogP contribution in [-0.2, 0) is 5.41 Å². The van der Waals surface area contributed by atoms with Gasteiger partial charge in [-0.1, -0.05) is 0 Å². The Kier molecular flexibility index (Phi) is 3.11. The predicted octanol–water partition coefficient (Wildman–Crippen LogP) is 3.89. The Morgan fingerprint density at radius 2 is 2.24 bits per heavy atom. The van der Waals surface area contributed by atoms with E-state index in [1.54, 1.807) is 22.7 Å². The van der Waals surface area contributed by atoms with Crippen LogP contribution in [0.25, 0.3) is 10.6 Å². The lowest BCUT2D eigenvalue weighted by molar-refractivity contribution is 0.621. The largest absolute Gasteiger partial charge is 0.319 e. The summed E-state index contributed by atoms with van der Waals surface area (Å²) in [6.07, 6.45) is 2.55. The average Bonchev–Trinajstić information content (AvgIpc) is 2.79. The number of rotatable bonds is 4. The fraction of sp³-hybridized carbons (Fsp3) is 0.417. The summed E-state index contributed by atoms with van der Waals surface area (Å²) in [4.78, 5) is 6.06. The van der Waals surface area contributed by atoms with Crippen LogP contribution in [0.4, 0.5) is 0 Å². The van der Waals surface area contributed by atoms with Gasteiger partial charge in [0.25, 0.3) is 0 Å². The second kappa shape index (κ2) is 4.46. The topological polar surface area (TPSA) is 24.9 Å². The molecule has 3 rings (SSSR count). The predicted molar refractivity (Wildman–Crippen MR) is 78.0 cm³/mol. The minimum absolute atomic E-state index is 0.339. The normalized spacial score (nSPS) is 17.3. The zero-order valence-electron chi connectivity index (χ0n) is 9.50. The second-order valence-corrected chi connectivity index (χ2v) is 7.16. The Balaban J connectivity index is 1.88. The van der Waals surface area contributed by atoms with Gasteiger partial charge in [-0.05, 0) is 41.9 Å². The molecule has 1 aliphatic rings. The van der Waals surface area contributed by atoms with Gasteiger partial charge < -0.3 is 5.32 Å². The van der Waals surface area contributed by atoms with E-state index < -0.39 is 0 Å². The van der Waals surface area contributed by atoms with Crippen LogP contribution < -0.4 is 5.32 Å². The Labute approximate surface area is 117 Å². The number of halogens is 1. The summed E-state index contributed by atoms with van der Waals surface area (Å²) in [6.45, 7) is 1.05. The molecule has 0 saturated heterocycles. The van der Waals surface area contributed by atoms with Crippen molar-refractivity contribution in [3.8, 4) is 10.6 Å². The van der Waals surface area contributed by atoms with Crippen LogP contribution in [0.15, 0.2) is 21.3 Å². The summed E-state index contributed by atoms with van der Waals surface area (Å²) in [6, 6.07) is 2.14. The van der Waals surface area contributed by atoms with Crippen molar-refractivity contribution in [1.82, 2.24) is 10.3 Å². The molecule has 0 spiro atoms. The van der Waals surface area contributed by atoms with Crippen molar-refractivity contribution >= 4 is 38.6 Å². The van der Waals surface area contributed by atoms with Crippen molar-refractivity contribution in [2.24, 2.45) is 0 Å². The van der Waals surface area contributed by atoms with Crippen molar-refractivity contribution in [3.05, 3.63) is 26.3 Å². The fourth-order valence-corrected chi connectivity index (χ4v) is 4.58. The lowest BCUT2D eigenvalue weighted by Crippen LogP contribution is -2.23. The molecule has 90 valence electrons. The van der Waals surface area contributed by atoms with Crippen LogP contribution >= 0.6 is 38.6 Å². The van der Waals surface area contributed by atoms with Gasteiger partial charge in [-0.15, -0.1) is 22.7 Å². The first-order valence-corrected chi connectivity index (χ1v) is 8.14. The summed E-state index contributed by atoms with van der Waals surface area (Å²) in [5, 5.41) is 8.87. The number of hydrogen-bond donors (Lipinski definition) is 1. The highest BCUT2D eigenvalue weighted by Gasteiger charge is 2.46. The van der Waals surface area contributed by atoms with Gasteiger partial charge in [0.05, 0.1) is 10.6 Å². The van der Waals surface area contributed by atoms with Crippen molar-refractivity contribution in [3.63, 3.8) is 0 Å². The molecule has 2 aromatic rings. The van der Waals surface area contributed by atoms with Crippen molar-refractivity contribution < 1.29 is 0 Å². The van der Waals surface area contributed by atoms with Crippen LogP contribution in [0.3, 0.4) is 0 Å². The van der Waals surface area contributed by atoms with Gasteiger partial charge in [-0.3, -0.25) is 0 Å². The van der Waals surface area contributed by atoms with E-state index in [-0.39, 0.29) is 0 Å². The summed E-state index contributed by atoms with van der Waals surface area (Å²) >= 11 is 7.03. The smallest absolute Gasteiger partial charge is 0.101 e. The van der Waals surface area contributed by atoms with Gasteiger partial charge in [-0.25, -0.2) is 4.98 Å². The number of nitrogens with zero attached hydrogens (tertiary/aromatic N) is 1. The first-order valence-electron chi connectivity index (χ1n) is 5.58. The third-order valence-electron chi connectivity index (χ3n) is 3.15. The minimum atomic E-state index is 0.339. The van der Waals surface area contributed by atoms with E-state index in [4.69, 9.17) is 4.98 Å². The molecule has 17 heavy (non-hydrogen) atoms. The van der Waals surface area contributed by atoms with E-state index in [0.717, 1.165) is 16.7 Å². The molecule has 1 fully saturated rings. The number of thiophene rings is 1. The maximum Gasteiger partial charge on any atom is 0.101 e. The maximum absolute atomic E-state index is 4.81. The quantitative estimate of drug-likeness (QED) is 0.921. The third-order valence-corrected chi connectivity index (χ3v) is 5.95. The molecule has 0 atom stereocenters. The highest BCUT2D eigenvalue weighted by atomic mass is 79.9. The Morgan fingerprint density at radius 1 is 1.41 bits per heavy atom. The molecule has 1 aliphatic carbocycles. The lowest BCUT2D eigenvalue weighted by Gasteiger charge is -2.09. The van der Waals surface area contributed by atoms with Gasteiger partial charge in [0.1, 0.15) is 5.01 Å². The second-order valence-electron chi connectivity index (χ2n) is 4.48. The molecule has 0 bridgehead atoms. The number of thiazole rings is 1. The molecule has 2 aromatic heterocycles. The van der Waals surface area contributed by atoms with E-state index in [9.17, 15) is 0 Å². The minimum Gasteiger partial charge on any atom is -0.319 e. The van der Waals surface area contributed by atoms with Gasteiger partial charge in [0.15, 0.2) is 0 Å². The molecule has 5 heteroatoms. The van der Waals surface area contributed by atoms with E-state index in [1.807, 2.05) is 7.05 Å². The first-order chi connectivity index (χ1) is 8.23. The van der Waals surface area contributed by atoms with E-state index in [0.29, 0.717) is 5.41 Å². The highest BCUT2D eigenvalue weighted by molar-refractivity contribution is 9.10. The van der Waals surface area contributed by atoms with Crippen molar-refractivity contribution in [1.29, 1.82) is 0 Å². The number of aromatic nitrogens is 1. The Bertz CT molecular complexity index is 528. The van der Waals surface area contributed by atoms with Crippen LogP contribution in [0.1, 0.15) is 17.8 Å². The summed E-state index contributed by atoms with van der Waals surface area (Å²) in [5.41, 5.74) is 1.47. The van der Waals surface area contributed by atoms with Crippen molar-refractivity contribution in [2.45, 2.75) is 18.3 Å². The molecule has 0 amide bonds. The monoisotopic (exact) mass is 328 g/mol. The highest BCUT2D eigenvalue weighted by Crippen LogP contribution is 2.49. The summed E-state index contributed by atoms with van der Waals surface area (Å²) in [5.74, 6) is 0. The van der Waals surface area contributed by atoms with Gasteiger partial charge in [0.2, 0.25) is 0 Å². The van der Waals surface area contributed by atoms with Gasteiger partial charge in [-0.2, -0.15) is 0 Å². The molecule has 0 unspecified atom stereocenters. The maximum atomic E-state index is 4.81. The van der Waals surface area contributed by atoms with Crippen LogP contribution in [0.2, 0.25) is 0 Å². The van der Waals surface area contributed by atoms with Crippen LogP contribution in [0, 0.1) is 0 Å². The number of likely N-dealkylation sites (N-methyl/N-ethyl adjacent to an activating group) is 1. The summed E-state index contributed by atoms with van der Waals surface area (Å²) in [7, 11) is 2.02. The SMILES string of the molecule is CNCC1(c2nc(-c3cc(Br)cs3)cs2)CC1. The molecule has 2 heterocycles. The summed E-state index contributed by atoms with van der Waals surface area (Å²) < 4.78 is 1.14. The van der Waals surface area contributed by atoms with E-state index in [1.165, 1.54) is 22.7 Å². The Morgan fingerprint density at radius 3 is 2.82 bits per heavy atom.